The second-order valence-electron chi connectivity index (χ2n) is 5.59. The number of thioether (sulfide) groups is 1. The molecule has 0 N–H and O–H groups in total. The van der Waals surface area contributed by atoms with Gasteiger partial charge in [0.1, 0.15) is 5.82 Å². The van der Waals surface area contributed by atoms with Gasteiger partial charge < -0.3 is 4.57 Å². The molecule has 2 heterocycles. The van der Waals surface area contributed by atoms with Crippen molar-refractivity contribution in [2.45, 2.75) is 6.54 Å². The maximum Gasteiger partial charge on any atom is 0.279 e. The van der Waals surface area contributed by atoms with Gasteiger partial charge in [0.25, 0.3) is 5.91 Å². The molecule has 2 aromatic heterocycles. The molecular formula is C18H14FN3OS3. The van der Waals surface area contributed by atoms with E-state index in [1.54, 1.807) is 29.4 Å². The molecule has 0 radical (unpaired) electrons. The van der Waals surface area contributed by atoms with Crippen LogP contribution in [0.5, 0.6) is 0 Å². The number of carbonyl (C=O) groups is 1. The summed E-state index contributed by atoms with van der Waals surface area (Å²) in [5, 5.41) is 0. The first-order valence-electron chi connectivity index (χ1n) is 7.86. The number of amides is 1. The molecule has 4 rings (SSSR count). The lowest BCUT2D eigenvalue weighted by atomic mass is 10.2. The van der Waals surface area contributed by atoms with Crippen molar-refractivity contribution >= 4 is 60.8 Å². The number of thiazole rings is 2. The van der Waals surface area contributed by atoms with E-state index in [0.717, 1.165) is 26.2 Å². The minimum Gasteiger partial charge on any atom is -0.316 e. The first kappa shape index (κ1) is 17.4. The molecule has 0 unspecified atom stereocenters. The number of fused-ring (bicyclic) bond motifs is 2. The van der Waals surface area contributed by atoms with E-state index < -0.39 is 0 Å². The van der Waals surface area contributed by atoms with Crippen molar-refractivity contribution in [3.8, 4) is 0 Å². The number of hydrogen-bond donors (Lipinski definition) is 0. The lowest BCUT2D eigenvalue weighted by Crippen LogP contribution is -2.18. The van der Waals surface area contributed by atoms with Crippen molar-refractivity contribution in [1.29, 1.82) is 0 Å². The lowest BCUT2D eigenvalue weighted by Gasteiger charge is -2.03. The van der Waals surface area contributed by atoms with E-state index in [-0.39, 0.29) is 11.7 Å². The highest BCUT2D eigenvalue weighted by atomic mass is 32.2. The van der Waals surface area contributed by atoms with Gasteiger partial charge in [-0.2, -0.15) is 16.8 Å². The molecule has 132 valence electrons. The Morgan fingerprint density at radius 2 is 2.15 bits per heavy atom. The predicted octanol–water partition coefficient (Wildman–Crippen LogP) is 4.56. The van der Waals surface area contributed by atoms with E-state index >= 15 is 0 Å². The van der Waals surface area contributed by atoms with E-state index in [0.29, 0.717) is 16.9 Å². The van der Waals surface area contributed by atoms with Gasteiger partial charge in [0, 0.05) is 17.9 Å². The smallest absolute Gasteiger partial charge is 0.279 e. The minimum atomic E-state index is -0.301. The molecule has 0 spiro atoms. The molecule has 0 bridgehead atoms. The first-order valence-corrected chi connectivity index (χ1v) is 10.9. The first-order chi connectivity index (χ1) is 12.7. The number of carbonyl (C=O) groups excluding carboxylic acids is 1. The Balaban J connectivity index is 1.81. The predicted molar refractivity (Wildman–Crippen MR) is 108 cm³/mol. The molecule has 0 aliphatic rings. The third kappa shape index (κ3) is 3.32. The highest BCUT2D eigenvalue weighted by molar-refractivity contribution is 7.98. The van der Waals surface area contributed by atoms with E-state index in [1.165, 1.54) is 34.8 Å². The summed E-state index contributed by atoms with van der Waals surface area (Å²) in [5.74, 6) is 0.298. The fourth-order valence-corrected chi connectivity index (χ4v) is 4.83. The largest absolute Gasteiger partial charge is 0.316 e. The van der Waals surface area contributed by atoms with Crippen LogP contribution in [0.15, 0.2) is 46.9 Å². The van der Waals surface area contributed by atoms with Crippen LogP contribution in [0.2, 0.25) is 0 Å². The van der Waals surface area contributed by atoms with Crippen LogP contribution in [0.4, 0.5) is 4.39 Å². The zero-order valence-electron chi connectivity index (χ0n) is 13.8. The van der Waals surface area contributed by atoms with Gasteiger partial charge in [-0.25, -0.2) is 9.37 Å². The molecule has 0 aliphatic carbocycles. The van der Waals surface area contributed by atoms with Crippen LogP contribution >= 0.6 is 34.4 Å². The molecule has 0 saturated carbocycles. The number of nitrogens with zero attached hydrogens (tertiary/aromatic N) is 3. The lowest BCUT2D eigenvalue weighted by molar-refractivity contribution is 0.0998. The number of hydrogen-bond acceptors (Lipinski definition) is 5. The maximum atomic E-state index is 13.6. The second kappa shape index (κ2) is 7.30. The quantitative estimate of drug-likeness (QED) is 0.502. The van der Waals surface area contributed by atoms with Crippen molar-refractivity contribution < 1.29 is 9.18 Å². The molecule has 0 aliphatic heterocycles. The van der Waals surface area contributed by atoms with E-state index in [2.05, 4.69) is 9.98 Å². The van der Waals surface area contributed by atoms with E-state index in [9.17, 15) is 9.18 Å². The monoisotopic (exact) mass is 403 g/mol. The van der Waals surface area contributed by atoms with Gasteiger partial charge in [-0.1, -0.05) is 11.3 Å². The Morgan fingerprint density at radius 3 is 3.00 bits per heavy atom. The molecule has 0 atom stereocenters. The molecule has 2 aromatic carbocycles. The molecule has 1 amide bonds. The number of benzene rings is 2. The summed E-state index contributed by atoms with van der Waals surface area (Å²) in [6, 6.07) is 10.1. The van der Waals surface area contributed by atoms with Gasteiger partial charge in [0.15, 0.2) is 4.80 Å². The molecule has 0 saturated heterocycles. The minimum absolute atomic E-state index is 0.288. The number of rotatable bonds is 4. The Hall–Kier alpha value is -2.03. The Kier molecular flexibility index (Phi) is 4.88. The standard InChI is InChI=1S/C18H14FN3OS3/c1-24-7-6-22-14-5-3-12(19)9-16(14)26-18(22)21-17(23)11-2-4-13-15(8-11)25-10-20-13/h2-5,8-10H,6-7H2,1H3. The summed E-state index contributed by atoms with van der Waals surface area (Å²) in [5.41, 5.74) is 4.06. The Labute approximate surface area is 161 Å². The van der Waals surface area contributed by atoms with Gasteiger partial charge in [0.05, 0.1) is 25.9 Å². The third-order valence-electron chi connectivity index (χ3n) is 3.94. The van der Waals surface area contributed by atoms with Crippen molar-refractivity contribution in [1.82, 2.24) is 9.55 Å². The van der Waals surface area contributed by atoms with Crippen LogP contribution in [0.25, 0.3) is 20.4 Å². The van der Waals surface area contributed by atoms with Crippen molar-refractivity contribution in [3.05, 3.63) is 58.1 Å². The van der Waals surface area contributed by atoms with Crippen LogP contribution in [0.1, 0.15) is 10.4 Å². The van der Waals surface area contributed by atoms with Crippen molar-refractivity contribution in [2.24, 2.45) is 4.99 Å². The summed E-state index contributed by atoms with van der Waals surface area (Å²) < 4.78 is 17.3. The van der Waals surface area contributed by atoms with Gasteiger partial charge in [-0.05, 0) is 42.7 Å². The molecule has 4 nitrogen and oxygen atoms in total. The summed E-state index contributed by atoms with van der Waals surface area (Å²) >= 11 is 4.54. The van der Waals surface area contributed by atoms with Crippen LogP contribution in [-0.4, -0.2) is 27.5 Å². The zero-order chi connectivity index (χ0) is 18.1. The summed E-state index contributed by atoms with van der Waals surface area (Å²) in [6.07, 6.45) is 2.03. The van der Waals surface area contributed by atoms with Gasteiger partial charge in [-0.15, -0.1) is 11.3 Å². The third-order valence-corrected chi connectivity index (χ3v) is 6.36. The van der Waals surface area contributed by atoms with Gasteiger partial charge >= 0.3 is 0 Å². The summed E-state index contributed by atoms with van der Waals surface area (Å²) in [7, 11) is 0. The van der Waals surface area contributed by atoms with Crippen molar-refractivity contribution in [2.75, 3.05) is 12.0 Å². The number of aromatic nitrogens is 2. The fraction of sp³-hybridized carbons (Fsp3) is 0.167. The van der Waals surface area contributed by atoms with Gasteiger partial charge in [0.2, 0.25) is 0 Å². The van der Waals surface area contributed by atoms with E-state index in [1.807, 2.05) is 23.0 Å². The molecule has 0 fully saturated rings. The summed E-state index contributed by atoms with van der Waals surface area (Å²) in [6.45, 7) is 0.715. The highest BCUT2D eigenvalue weighted by Crippen LogP contribution is 2.21. The summed E-state index contributed by atoms with van der Waals surface area (Å²) in [4.78, 5) is 21.8. The molecule has 26 heavy (non-hydrogen) atoms. The fourth-order valence-electron chi connectivity index (χ4n) is 2.67. The van der Waals surface area contributed by atoms with Crippen LogP contribution < -0.4 is 4.80 Å². The average Bonchev–Trinajstić information content (AvgIpc) is 3.23. The average molecular weight is 404 g/mol. The highest BCUT2D eigenvalue weighted by Gasteiger charge is 2.11. The SMILES string of the molecule is CSCCn1c(=NC(=O)c2ccc3ncsc3c2)sc2cc(F)ccc21. The van der Waals surface area contributed by atoms with Crippen LogP contribution in [-0.2, 0) is 6.54 Å². The van der Waals surface area contributed by atoms with Crippen molar-refractivity contribution in [3.63, 3.8) is 0 Å². The molecule has 8 heteroatoms. The molecule has 4 aromatic rings. The Bertz CT molecular complexity index is 1180. The normalized spacial score (nSPS) is 12.3. The maximum absolute atomic E-state index is 13.6. The van der Waals surface area contributed by atoms with Crippen LogP contribution in [0.3, 0.4) is 0 Å². The molecular weight excluding hydrogens is 389 g/mol. The zero-order valence-corrected chi connectivity index (χ0v) is 16.3. The van der Waals surface area contributed by atoms with Gasteiger partial charge in [-0.3, -0.25) is 4.79 Å². The number of aryl methyl sites for hydroxylation is 1. The second-order valence-corrected chi connectivity index (χ2v) is 8.47. The van der Waals surface area contributed by atoms with E-state index in [4.69, 9.17) is 0 Å². The van der Waals surface area contributed by atoms with Crippen LogP contribution in [0, 0.1) is 5.82 Å². The number of halogens is 1. The topological polar surface area (TPSA) is 47.2 Å². The Morgan fingerprint density at radius 1 is 1.27 bits per heavy atom.